The first-order valence-electron chi connectivity index (χ1n) is 11.2. The van der Waals surface area contributed by atoms with Gasteiger partial charge in [0, 0.05) is 40.5 Å². The summed E-state index contributed by atoms with van der Waals surface area (Å²) in [6.07, 6.45) is 2.44. The van der Waals surface area contributed by atoms with Crippen molar-refractivity contribution in [2.45, 2.75) is 0 Å². The van der Waals surface area contributed by atoms with Gasteiger partial charge in [-0.25, -0.2) is 22.2 Å². The predicted octanol–water partition coefficient (Wildman–Crippen LogP) is 4.81. The number of amides is 1. The number of aromatic nitrogens is 2. The number of nitrogens with two attached hydrogens (primary N) is 1. The molecule has 0 bridgehead atoms. The summed E-state index contributed by atoms with van der Waals surface area (Å²) in [5.41, 5.74) is 8.52. The Hall–Kier alpha value is -4.77. The molecule has 0 saturated carbocycles. The second kappa shape index (κ2) is 9.27. The number of primary amides is 1. The number of anilines is 1. The summed E-state index contributed by atoms with van der Waals surface area (Å²) in [7, 11) is -3.58. The van der Waals surface area contributed by atoms with Gasteiger partial charge >= 0.3 is 0 Å². The van der Waals surface area contributed by atoms with Gasteiger partial charge in [-0.1, -0.05) is 6.07 Å². The fourth-order valence-corrected chi connectivity index (χ4v) is 4.84. The molecule has 0 aliphatic rings. The van der Waals surface area contributed by atoms with Gasteiger partial charge in [0.1, 0.15) is 17.3 Å². The number of carbonyl (C=O) groups is 1. The average molecular weight is 535 g/mol. The lowest BCUT2D eigenvalue weighted by Gasteiger charge is -2.15. The fraction of sp³-hybridized carbons (Fsp3) is 0.0370. The molecule has 0 fully saturated rings. The Morgan fingerprint density at radius 3 is 2.37 bits per heavy atom. The maximum atomic E-state index is 14.8. The highest BCUT2D eigenvalue weighted by molar-refractivity contribution is 7.92. The van der Waals surface area contributed by atoms with Gasteiger partial charge in [-0.05, 0) is 65.7 Å². The SMILES string of the molecule is CS(=O)(=O)Nc1ccc2cc(C(N)=O)n(-c3cc(-c4ccc(O)nc4)cc(-c4ccc(F)cc4F)c3)c2c1. The van der Waals surface area contributed by atoms with Crippen molar-refractivity contribution in [1.82, 2.24) is 9.55 Å². The number of sulfonamides is 1. The van der Waals surface area contributed by atoms with Crippen LogP contribution in [0, 0.1) is 11.6 Å². The Bertz CT molecular complexity index is 1830. The minimum absolute atomic E-state index is 0.100. The van der Waals surface area contributed by atoms with Crippen molar-refractivity contribution in [1.29, 1.82) is 0 Å². The van der Waals surface area contributed by atoms with Gasteiger partial charge in [0.05, 0.1) is 17.5 Å². The molecular weight excluding hydrogens is 514 g/mol. The third-order valence-corrected chi connectivity index (χ3v) is 6.47. The minimum Gasteiger partial charge on any atom is -0.493 e. The van der Waals surface area contributed by atoms with Crippen LogP contribution in [-0.2, 0) is 10.0 Å². The van der Waals surface area contributed by atoms with Crippen molar-refractivity contribution in [3.05, 3.63) is 96.3 Å². The monoisotopic (exact) mass is 534 g/mol. The summed E-state index contributed by atoms with van der Waals surface area (Å²) in [4.78, 5) is 16.4. The molecule has 11 heteroatoms. The van der Waals surface area contributed by atoms with E-state index in [1.54, 1.807) is 48.5 Å². The normalized spacial score (nSPS) is 11.6. The van der Waals surface area contributed by atoms with E-state index in [0.29, 0.717) is 33.3 Å². The Morgan fingerprint density at radius 2 is 1.71 bits per heavy atom. The van der Waals surface area contributed by atoms with E-state index in [-0.39, 0.29) is 22.8 Å². The predicted molar refractivity (Wildman–Crippen MR) is 141 cm³/mol. The number of nitrogens with one attached hydrogen (secondary N) is 1. The Balaban J connectivity index is 1.81. The number of rotatable bonds is 6. The van der Waals surface area contributed by atoms with E-state index in [0.717, 1.165) is 18.4 Å². The summed E-state index contributed by atoms with van der Waals surface area (Å²) in [6, 6.07) is 17.5. The summed E-state index contributed by atoms with van der Waals surface area (Å²) in [5, 5.41) is 10.2. The van der Waals surface area contributed by atoms with Crippen LogP contribution in [0.2, 0.25) is 0 Å². The van der Waals surface area contributed by atoms with Crippen molar-refractivity contribution < 1.29 is 27.1 Å². The van der Waals surface area contributed by atoms with Gasteiger partial charge < -0.3 is 15.4 Å². The zero-order valence-electron chi connectivity index (χ0n) is 19.8. The molecule has 3 aromatic carbocycles. The van der Waals surface area contributed by atoms with Crippen LogP contribution in [0.25, 0.3) is 38.8 Å². The number of pyridine rings is 1. The van der Waals surface area contributed by atoms with Gasteiger partial charge in [-0.3, -0.25) is 9.52 Å². The molecule has 1 amide bonds. The second-order valence-electron chi connectivity index (χ2n) is 8.67. The highest BCUT2D eigenvalue weighted by Crippen LogP contribution is 2.35. The lowest BCUT2D eigenvalue weighted by Crippen LogP contribution is -2.16. The number of aromatic hydroxyl groups is 1. The highest BCUT2D eigenvalue weighted by atomic mass is 32.2. The van der Waals surface area contributed by atoms with Crippen LogP contribution in [0.5, 0.6) is 5.88 Å². The third kappa shape index (κ3) is 4.91. The van der Waals surface area contributed by atoms with Gasteiger partial charge in [-0.15, -0.1) is 0 Å². The number of fused-ring (bicyclic) bond motifs is 1. The molecule has 2 aromatic heterocycles. The number of benzene rings is 3. The third-order valence-electron chi connectivity index (χ3n) is 5.86. The summed E-state index contributed by atoms with van der Waals surface area (Å²) in [5.74, 6) is -2.45. The van der Waals surface area contributed by atoms with Gasteiger partial charge in [-0.2, -0.15) is 0 Å². The largest absolute Gasteiger partial charge is 0.493 e. The molecule has 192 valence electrons. The molecule has 8 nitrogen and oxygen atoms in total. The van der Waals surface area contributed by atoms with E-state index in [2.05, 4.69) is 9.71 Å². The number of hydrogen-bond donors (Lipinski definition) is 3. The number of hydrogen-bond acceptors (Lipinski definition) is 5. The van der Waals surface area contributed by atoms with Crippen molar-refractivity contribution in [2.24, 2.45) is 5.73 Å². The zero-order chi connectivity index (χ0) is 27.2. The summed E-state index contributed by atoms with van der Waals surface area (Å²) < 4.78 is 56.0. The molecule has 4 N–H and O–H groups in total. The van der Waals surface area contributed by atoms with Crippen molar-refractivity contribution >= 4 is 32.5 Å². The highest BCUT2D eigenvalue weighted by Gasteiger charge is 2.19. The lowest BCUT2D eigenvalue weighted by molar-refractivity contribution is 0.0994. The van der Waals surface area contributed by atoms with Crippen molar-refractivity contribution in [3.63, 3.8) is 0 Å². The van der Waals surface area contributed by atoms with Crippen LogP contribution in [0.4, 0.5) is 14.5 Å². The second-order valence-corrected chi connectivity index (χ2v) is 10.4. The Morgan fingerprint density at radius 1 is 0.947 bits per heavy atom. The van der Waals surface area contributed by atoms with Crippen LogP contribution in [0.15, 0.2) is 79.0 Å². The first-order chi connectivity index (χ1) is 18.0. The standard InChI is InChI=1S/C27H20F2N4O4S/c1-38(36,37)32-20-5-2-15-11-25(27(30)35)33(24(15)13-20)21-9-17(16-3-7-26(34)31-14-16)8-18(10-21)22-6-4-19(28)12-23(22)29/h2-14,32H,1H3,(H2,30,35)(H,31,34). The van der Waals surface area contributed by atoms with Crippen LogP contribution in [0.1, 0.15) is 10.5 Å². The van der Waals surface area contributed by atoms with E-state index in [1.165, 1.54) is 22.9 Å². The van der Waals surface area contributed by atoms with Crippen molar-refractivity contribution in [2.75, 3.05) is 11.0 Å². The zero-order valence-corrected chi connectivity index (χ0v) is 20.6. The molecule has 5 rings (SSSR count). The smallest absolute Gasteiger partial charge is 0.265 e. The van der Waals surface area contributed by atoms with E-state index < -0.39 is 27.6 Å². The number of nitrogens with zero attached hydrogens (tertiary/aromatic N) is 2. The van der Waals surface area contributed by atoms with Gasteiger partial charge in [0.2, 0.25) is 15.9 Å². The first kappa shape index (κ1) is 24.9. The van der Waals surface area contributed by atoms with E-state index in [4.69, 9.17) is 5.73 Å². The van der Waals surface area contributed by atoms with E-state index >= 15 is 0 Å². The topological polar surface area (TPSA) is 127 Å². The number of carbonyl (C=O) groups excluding carboxylic acids is 1. The molecule has 0 spiro atoms. The van der Waals surface area contributed by atoms with E-state index in [9.17, 15) is 27.1 Å². The maximum Gasteiger partial charge on any atom is 0.265 e. The van der Waals surface area contributed by atoms with Crippen LogP contribution < -0.4 is 10.5 Å². The number of halogens is 2. The summed E-state index contributed by atoms with van der Waals surface area (Å²) in [6.45, 7) is 0. The van der Waals surface area contributed by atoms with Crippen LogP contribution in [0.3, 0.4) is 0 Å². The quantitative estimate of drug-likeness (QED) is 0.288. The van der Waals surface area contributed by atoms with E-state index in [1.807, 2.05) is 0 Å². The van der Waals surface area contributed by atoms with Crippen LogP contribution in [-0.4, -0.2) is 35.2 Å². The fourth-order valence-electron chi connectivity index (χ4n) is 4.28. The molecule has 0 aliphatic heterocycles. The average Bonchev–Trinajstić information content (AvgIpc) is 3.22. The molecule has 0 unspecified atom stereocenters. The Labute approximate surface area is 216 Å². The van der Waals surface area contributed by atoms with Gasteiger partial charge in [0.15, 0.2) is 0 Å². The molecule has 0 aliphatic carbocycles. The van der Waals surface area contributed by atoms with Crippen LogP contribution >= 0.6 is 0 Å². The molecule has 2 heterocycles. The molecule has 38 heavy (non-hydrogen) atoms. The molecule has 0 atom stereocenters. The lowest BCUT2D eigenvalue weighted by atomic mass is 9.98. The molecule has 0 saturated heterocycles. The minimum atomic E-state index is -3.58. The molecule has 5 aromatic rings. The molecular formula is C27H20F2N4O4S. The maximum absolute atomic E-state index is 14.8. The summed E-state index contributed by atoms with van der Waals surface area (Å²) >= 11 is 0. The first-order valence-corrected chi connectivity index (χ1v) is 13.1. The molecule has 0 radical (unpaired) electrons. The van der Waals surface area contributed by atoms with Gasteiger partial charge in [0.25, 0.3) is 5.91 Å². The van der Waals surface area contributed by atoms with Crippen molar-refractivity contribution in [3.8, 4) is 33.8 Å². The Kier molecular flexibility index (Phi) is 6.08.